The maximum absolute atomic E-state index is 10.2. The van der Waals surface area contributed by atoms with Crippen LogP contribution < -0.4 is 0 Å². The van der Waals surface area contributed by atoms with Crippen LogP contribution in [0.5, 0.6) is 0 Å². The topological polar surface area (TPSA) is 40.5 Å². The summed E-state index contributed by atoms with van der Waals surface area (Å²) in [6.45, 7) is 2.11. The minimum absolute atomic E-state index is 0.797. The molecule has 1 aliphatic carbocycles. The molecule has 2 nitrogen and oxygen atoms in total. The Morgan fingerprint density at radius 3 is 2.57 bits per heavy atom. The van der Waals surface area contributed by atoms with E-state index in [0.717, 1.165) is 21.9 Å². The van der Waals surface area contributed by atoms with Crippen LogP contribution in [0.25, 0.3) is 27.6 Å². The molecule has 2 unspecified atom stereocenters. The molecule has 1 aliphatic rings. The zero-order chi connectivity index (χ0) is 14.6. The van der Waals surface area contributed by atoms with E-state index >= 15 is 0 Å². The van der Waals surface area contributed by atoms with Crippen molar-refractivity contribution in [2.45, 2.75) is 19.1 Å². The van der Waals surface area contributed by atoms with Crippen LogP contribution in [0, 0.1) is 6.92 Å². The number of hydrogen-bond acceptors (Lipinski definition) is 2. The highest BCUT2D eigenvalue weighted by atomic mass is 16.3. The number of aryl methyl sites for hydroxylation is 1. The van der Waals surface area contributed by atoms with Crippen LogP contribution in [0.15, 0.2) is 48.5 Å². The highest BCUT2D eigenvalue weighted by molar-refractivity contribution is 6.03. The number of aliphatic hydroxyl groups is 2. The van der Waals surface area contributed by atoms with Gasteiger partial charge in [0.15, 0.2) is 0 Å². The Morgan fingerprint density at radius 2 is 1.71 bits per heavy atom. The van der Waals surface area contributed by atoms with Crippen molar-refractivity contribution in [1.82, 2.24) is 0 Å². The molecular weight excluding hydrogens is 260 g/mol. The monoisotopic (exact) mass is 276 g/mol. The van der Waals surface area contributed by atoms with Crippen molar-refractivity contribution >= 4 is 27.6 Å². The van der Waals surface area contributed by atoms with Crippen LogP contribution in [0.1, 0.15) is 22.8 Å². The predicted octanol–water partition coefficient (Wildman–Crippen LogP) is 3.72. The van der Waals surface area contributed by atoms with Gasteiger partial charge in [-0.25, -0.2) is 0 Å². The second kappa shape index (κ2) is 4.42. The van der Waals surface area contributed by atoms with Gasteiger partial charge in [-0.3, -0.25) is 0 Å². The summed E-state index contributed by atoms with van der Waals surface area (Å²) in [7, 11) is 0. The first-order valence-corrected chi connectivity index (χ1v) is 7.15. The summed E-state index contributed by atoms with van der Waals surface area (Å²) in [5, 5.41) is 24.7. The third kappa shape index (κ3) is 1.80. The van der Waals surface area contributed by atoms with E-state index < -0.39 is 12.2 Å². The van der Waals surface area contributed by atoms with E-state index in [0.29, 0.717) is 0 Å². The zero-order valence-electron chi connectivity index (χ0n) is 11.7. The van der Waals surface area contributed by atoms with Crippen LogP contribution >= 0.6 is 0 Å². The van der Waals surface area contributed by atoms with E-state index in [1.165, 1.54) is 16.3 Å². The van der Waals surface area contributed by atoms with Crippen molar-refractivity contribution < 1.29 is 10.2 Å². The van der Waals surface area contributed by atoms with E-state index in [2.05, 4.69) is 37.3 Å². The lowest BCUT2D eigenvalue weighted by Gasteiger charge is -2.23. The first kappa shape index (κ1) is 12.6. The molecule has 2 atom stereocenters. The number of rotatable bonds is 0. The van der Waals surface area contributed by atoms with Gasteiger partial charge in [0.2, 0.25) is 0 Å². The third-order valence-electron chi connectivity index (χ3n) is 4.41. The summed E-state index contributed by atoms with van der Waals surface area (Å²) >= 11 is 0. The van der Waals surface area contributed by atoms with Gasteiger partial charge < -0.3 is 10.2 Å². The Balaban J connectivity index is 2.11. The molecule has 0 saturated carbocycles. The fourth-order valence-electron chi connectivity index (χ4n) is 3.22. The van der Waals surface area contributed by atoms with Crippen LogP contribution in [0.2, 0.25) is 0 Å². The molecule has 3 aromatic carbocycles. The molecule has 0 radical (unpaired) electrons. The molecule has 0 aliphatic heterocycles. The van der Waals surface area contributed by atoms with Gasteiger partial charge in [-0.1, -0.05) is 42.5 Å². The lowest BCUT2D eigenvalue weighted by molar-refractivity contribution is 0.0471. The fourth-order valence-corrected chi connectivity index (χ4v) is 3.22. The first-order valence-electron chi connectivity index (χ1n) is 7.15. The maximum Gasteiger partial charge on any atom is 0.109 e. The van der Waals surface area contributed by atoms with Crippen LogP contribution in [-0.4, -0.2) is 16.3 Å². The molecule has 0 fully saturated rings. The smallest absolute Gasteiger partial charge is 0.109 e. The van der Waals surface area contributed by atoms with Crippen molar-refractivity contribution in [3.63, 3.8) is 0 Å². The van der Waals surface area contributed by atoms with Crippen molar-refractivity contribution in [3.8, 4) is 0 Å². The molecule has 0 spiro atoms. The van der Waals surface area contributed by atoms with Gasteiger partial charge in [0.1, 0.15) is 12.2 Å². The van der Waals surface area contributed by atoms with E-state index in [1.807, 2.05) is 18.2 Å². The maximum atomic E-state index is 10.2. The Morgan fingerprint density at radius 1 is 0.905 bits per heavy atom. The predicted molar refractivity (Wildman–Crippen MR) is 86.2 cm³/mol. The normalized spacial score (nSPS) is 20.9. The first-order chi connectivity index (χ1) is 10.1. The van der Waals surface area contributed by atoms with E-state index in [-0.39, 0.29) is 0 Å². The summed E-state index contributed by atoms with van der Waals surface area (Å²) in [5.74, 6) is 0. The number of aliphatic hydroxyl groups excluding tert-OH is 2. The summed E-state index contributed by atoms with van der Waals surface area (Å²) in [6, 6.07) is 14.6. The van der Waals surface area contributed by atoms with Gasteiger partial charge in [0.05, 0.1) is 0 Å². The van der Waals surface area contributed by atoms with Gasteiger partial charge in [-0.05, 0) is 57.3 Å². The highest BCUT2D eigenvalue weighted by Gasteiger charge is 2.23. The third-order valence-corrected chi connectivity index (χ3v) is 4.41. The van der Waals surface area contributed by atoms with Crippen molar-refractivity contribution in [3.05, 3.63) is 65.2 Å². The molecule has 0 amide bonds. The van der Waals surface area contributed by atoms with Crippen LogP contribution in [0.4, 0.5) is 0 Å². The Bertz CT molecular complexity index is 893. The number of fused-ring (bicyclic) bond motifs is 4. The summed E-state index contributed by atoms with van der Waals surface area (Å²) < 4.78 is 0. The van der Waals surface area contributed by atoms with Gasteiger partial charge in [-0.15, -0.1) is 0 Å². The molecular formula is C19H16O2. The molecule has 104 valence electrons. The molecule has 0 heterocycles. The highest BCUT2D eigenvalue weighted by Crippen LogP contribution is 2.35. The van der Waals surface area contributed by atoms with Crippen molar-refractivity contribution in [2.24, 2.45) is 0 Å². The van der Waals surface area contributed by atoms with Gasteiger partial charge >= 0.3 is 0 Å². The number of hydrogen-bond donors (Lipinski definition) is 2. The molecule has 2 N–H and O–H groups in total. The van der Waals surface area contributed by atoms with Crippen LogP contribution in [0.3, 0.4) is 0 Å². The average molecular weight is 276 g/mol. The average Bonchev–Trinajstić information content (AvgIpc) is 2.49. The molecule has 0 bridgehead atoms. The summed E-state index contributed by atoms with van der Waals surface area (Å²) in [5.41, 5.74) is 3.05. The molecule has 0 aromatic heterocycles. The molecule has 0 saturated heterocycles. The van der Waals surface area contributed by atoms with Gasteiger partial charge in [-0.2, -0.15) is 0 Å². The summed E-state index contributed by atoms with van der Waals surface area (Å²) in [6.07, 6.45) is 1.91. The second-order valence-corrected chi connectivity index (χ2v) is 5.73. The minimum Gasteiger partial charge on any atom is -0.386 e. The Hall–Kier alpha value is -2.16. The van der Waals surface area contributed by atoms with Crippen molar-refractivity contribution in [2.75, 3.05) is 0 Å². The molecule has 4 rings (SSSR count). The Labute approximate surface area is 123 Å². The van der Waals surface area contributed by atoms with Gasteiger partial charge in [0, 0.05) is 0 Å². The van der Waals surface area contributed by atoms with E-state index in [4.69, 9.17) is 0 Å². The second-order valence-electron chi connectivity index (χ2n) is 5.73. The lowest BCUT2D eigenvalue weighted by Crippen LogP contribution is -2.19. The van der Waals surface area contributed by atoms with E-state index in [9.17, 15) is 10.2 Å². The fraction of sp³-hybridized carbons (Fsp3) is 0.158. The molecule has 2 heteroatoms. The minimum atomic E-state index is -0.845. The Kier molecular flexibility index (Phi) is 2.64. The largest absolute Gasteiger partial charge is 0.386 e. The van der Waals surface area contributed by atoms with Crippen LogP contribution in [-0.2, 0) is 0 Å². The van der Waals surface area contributed by atoms with Gasteiger partial charge in [0.25, 0.3) is 0 Å². The standard InChI is InChI=1S/C19H16O2/c1-11-3-2-4-12-9-13-5-6-15-14(17(13)10-16(11)12)7-8-18(20)19(15)21/h2-10,18-21H,1H3. The molecule has 21 heavy (non-hydrogen) atoms. The zero-order valence-corrected chi connectivity index (χ0v) is 11.7. The lowest BCUT2D eigenvalue weighted by atomic mass is 9.88. The van der Waals surface area contributed by atoms with Crippen molar-refractivity contribution in [1.29, 1.82) is 0 Å². The quantitative estimate of drug-likeness (QED) is 0.614. The molecule has 3 aromatic rings. The number of benzene rings is 3. The van der Waals surface area contributed by atoms with E-state index in [1.54, 1.807) is 6.08 Å². The SMILES string of the molecule is Cc1cccc2cc3ccc4c(c3cc12)C=CC(O)C4O. The summed E-state index contributed by atoms with van der Waals surface area (Å²) in [4.78, 5) is 0.